The molecule has 0 radical (unpaired) electrons. The summed E-state index contributed by atoms with van der Waals surface area (Å²) in [6, 6.07) is 38.7. The molecule has 0 unspecified atom stereocenters. The van der Waals surface area contributed by atoms with Crippen molar-refractivity contribution in [3.05, 3.63) is 143 Å². The van der Waals surface area contributed by atoms with Crippen LogP contribution < -0.4 is 9.64 Å². The van der Waals surface area contributed by atoms with Crippen LogP contribution in [0.15, 0.2) is 115 Å². The first-order valence-electron chi connectivity index (χ1n) is 12.3. The molecule has 1 spiro atoms. The van der Waals surface area contributed by atoms with Crippen LogP contribution in [-0.2, 0) is 5.41 Å². The van der Waals surface area contributed by atoms with Gasteiger partial charge in [0.1, 0.15) is 17.1 Å². The topological polar surface area (TPSA) is 49.8 Å². The third-order valence-corrected chi connectivity index (χ3v) is 7.70. The summed E-state index contributed by atoms with van der Waals surface area (Å²) in [6.45, 7) is 0. The normalized spacial score (nSPS) is 13.9. The molecule has 4 nitrogen and oxygen atoms in total. The smallest absolute Gasteiger partial charge is 0.339 e. The molecule has 0 aromatic heterocycles. The zero-order valence-electron chi connectivity index (χ0n) is 20.2. The largest absolute Gasteiger partial charge is 0.478 e. The van der Waals surface area contributed by atoms with E-state index in [2.05, 4.69) is 96.9 Å². The third-order valence-electron chi connectivity index (χ3n) is 7.70. The van der Waals surface area contributed by atoms with Gasteiger partial charge in [-0.1, -0.05) is 78.9 Å². The van der Waals surface area contributed by atoms with E-state index in [1.807, 2.05) is 6.07 Å². The van der Waals surface area contributed by atoms with Gasteiger partial charge in [0.2, 0.25) is 0 Å². The second kappa shape index (κ2) is 7.84. The zero-order chi connectivity index (χ0) is 25.1. The Kier molecular flexibility index (Phi) is 4.54. The Morgan fingerprint density at radius 2 is 1.24 bits per heavy atom. The molecule has 4 heteroatoms. The molecule has 1 aliphatic carbocycles. The van der Waals surface area contributed by atoms with E-state index in [1.54, 1.807) is 24.3 Å². The average molecular weight is 482 g/mol. The molecule has 0 amide bonds. The van der Waals surface area contributed by atoms with Crippen molar-refractivity contribution in [1.82, 2.24) is 0 Å². The summed E-state index contributed by atoms with van der Waals surface area (Å²) in [6.07, 6.45) is 0. The second-order valence-electron chi connectivity index (χ2n) is 9.50. The molecular weight excluding hydrogens is 458 g/mol. The van der Waals surface area contributed by atoms with Crippen molar-refractivity contribution in [3.63, 3.8) is 0 Å². The summed E-state index contributed by atoms with van der Waals surface area (Å²) in [5.41, 5.74) is 9.07. The lowest BCUT2D eigenvalue weighted by Crippen LogP contribution is -2.36. The molecule has 7 rings (SSSR count). The van der Waals surface area contributed by atoms with Gasteiger partial charge in [0.25, 0.3) is 0 Å². The van der Waals surface area contributed by atoms with Gasteiger partial charge in [-0.05, 0) is 69.8 Å². The molecule has 37 heavy (non-hydrogen) atoms. The summed E-state index contributed by atoms with van der Waals surface area (Å²) in [7, 11) is 2.12. The Labute approximate surface area is 215 Å². The van der Waals surface area contributed by atoms with Crippen LogP contribution in [0.5, 0.6) is 11.5 Å². The van der Waals surface area contributed by atoms with E-state index in [1.165, 1.54) is 22.3 Å². The number of hydrogen-bond donors (Lipinski definition) is 1. The fraction of sp³-hybridized carbons (Fsp3) is 0.0606. The predicted molar refractivity (Wildman–Crippen MR) is 145 cm³/mol. The lowest BCUT2D eigenvalue weighted by molar-refractivity contribution is 0.0694. The first-order valence-corrected chi connectivity index (χ1v) is 12.3. The van der Waals surface area contributed by atoms with E-state index < -0.39 is 11.4 Å². The zero-order valence-corrected chi connectivity index (χ0v) is 20.2. The molecule has 5 aromatic rings. The lowest BCUT2D eigenvalue weighted by atomic mass is 9.65. The van der Waals surface area contributed by atoms with E-state index in [4.69, 9.17) is 4.74 Å². The molecule has 0 bridgehead atoms. The van der Waals surface area contributed by atoms with Crippen molar-refractivity contribution in [3.8, 4) is 22.6 Å². The van der Waals surface area contributed by atoms with Crippen molar-refractivity contribution < 1.29 is 14.6 Å². The Hall–Kier alpha value is -4.83. The van der Waals surface area contributed by atoms with E-state index in [9.17, 15) is 9.90 Å². The highest BCUT2D eigenvalue weighted by molar-refractivity contribution is 5.93. The Bertz CT molecular complexity index is 1670. The monoisotopic (exact) mass is 481 g/mol. The van der Waals surface area contributed by atoms with Gasteiger partial charge in [-0.3, -0.25) is 0 Å². The number of aromatic carboxylic acids is 1. The molecule has 0 fully saturated rings. The van der Waals surface area contributed by atoms with Crippen molar-refractivity contribution >= 4 is 17.3 Å². The van der Waals surface area contributed by atoms with Gasteiger partial charge in [0.15, 0.2) is 0 Å². The van der Waals surface area contributed by atoms with E-state index in [0.29, 0.717) is 11.5 Å². The fourth-order valence-corrected chi connectivity index (χ4v) is 6.20. The Morgan fingerprint density at radius 3 is 1.95 bits per heavy atom. The number of carboxylic acid groups (broad SMARTS) is 1. The van der Waals surface area contributed by atoms with Gasteiger partial charge >= 0.3 is 5.97 Å². The minimum Gasteiger partial charge on any atom is -0.478 e. The van der Waals surface area contributed by atoms with Gasteiger partial charge in [-0.15, -0.1) is 0 Å². The maximum atomic E-state index is 11.8. The highest BCUT2D eigenvalue weighted by Crippen LogP contribution is 2.62. The SMILES string of the molecule is CN1c2ccccc2C2(c3ccccc3-c3ccc(Oc4ccccc4C(=O)O)cc32)c2ccccc21. The van der Waals surface area contributed by atoms with Gasteiger partial charge in [-0.25, -0.2) is 4.79 Å². The van der Waals surface area contributed by atoms with E-state index in [-0.39, 0.29) is 5.56 Å². The average Bonchev–Trinajstić information content (AvgIpc) is 3.22. The van der Waals surface area contributed by atoms with Crippen LogP contribution in [0.1, 0.15) is 32.6 Å². The molecule has 5 aromatic carbocycles. The number of para-hydroxylation sites is 3. The van der Waals surface area contributed by atoms with Gasteiger partial charge < -0.3 is 14.7 Å². The van der Waals surface area contributed by atoms with Crippen molar-refractivity contribution in [2.45, 2.75) is 5.41 Å². The summed E-state index contributed by atoms with van der Waals surface area (Å²) in [5, 5.41) is 9.67. The molecule has 1 N–H and O–H groups in total. The quantitative estimate of drug-likeness (QED) is 0.282. The van der Waals surface area contributed by atoms with Crippen LogP contribution in [0, 0.1) is 0 Å². The highest BCUT2D eigenvalue weighted by Gasteiger charge is 2.51. The molecular formula is C33H23NO3. The number of carbonyl (C=O) groups is 1. The number of nitrogens with zero attached hydrogens (tertiary/aromatic N) is 1. The standard InChI is InChI=1S/C33H23NO3/c1-34-29-15-7-5-13-26(29)33(27-14-6-8-16-30(27)34)25-12-4-2-10-22(25)23-19-18-21(20-28(23)33)37-31-17-9-3-11-24(31)32(35)36/h2-20H,1H3,(H,35,36). The minimum absolute atomic E-state index is 0.135. The number of ether oxygens (including phenoxy) is 1. The Morgan fingerprint density at radius 1 is 0.676 bits per heavy atom. The lowest BCUT2D eigenvalue weighted by Gasteiger charge is -2.43. The number of carboxylic acids is 1. The highest BCUT2D eigenvalue weighted by atomic mass is 16.5. The van der Waals surface area contributed by atoms with Gasteiger partial charge in [-0.2, -0.15) is 0 Å². The minimum atomic E-state index is -1.01. The van der Waals surface area contributed by atoms with Crippen molar-refractivity contribution in [1.29, 1.82) is 0 Å². The molecule has 178 valence electrons. The van der Waals surface area contributed by atoms with E-state index in [0.717, 1.165) is 22.5 Å². The molecule has 1 aliphatic heterocycles. The first-order chi connectivity index (χ1) is 18.1. The van der Waals surface area contributed by atoms with Crippen molar-refractivity contribution in [2.75, 3.05) is 11.9 Å². The summed E-state index contributed by atoms with van der Waals surface area (Å²) < 4.78 is 6.23. The van der Waals surface area contributed by atoms with Crippen LogP contribution in [0.4, 0.5) is 11.4 Å². The second-order valence-corrected chi connectivity index (χ2v) is 9.50. The summed E-state index contributed by atoms with van der Waals surface area (Å²) >= 11 is 0. The number of hydrogen-bond acceptors (Lipinski definition) is 3. The number of fused-ring (bicyclic) bond motifs is 9. The summed E-state index contributed by atoms with van der Waals surface area (Å²) in [4.78, 5) is 14.1. The molecule has 2 aliphatic rings. The molecule has 1 heterocycles. The van der Waals surface area contributed by atoms with Crippen LogP contribution in [0.2, 0.25) is 0 Å². The van der Waals surface area contributed by atoms with Crippen LogP contribution in [-0.4, -0.2) is 18.1 Å². The Balaban J connectivity index is 1.53. The maximum absolute atomic E-state index is 11.8. The third kappa shape index (κ3) is 2.87. The fourth-order valence-electron chi connectivity index (χ4n) is 6.20. The van der Waals surface area contributed by atoms with Gasteiger partial charge in [0.05, 0.1) is 5.41 Å². The van der Waals surface area contributed by atoms with Crippen LogP contribution in [0.3, 0.4) is 0 Å². The maximum Gasteiger partial charge on any atom is 0.339 e. The first kappa shape index (κ1) is 21.5. The van der Waals surface area contributed by atoms with Gasteiger partial charge in [0, 0.05) is 18.4 Å². The number of benzene rings is 5. The molecule has 0 saturated heterocycles. The molecule has 0 atom stereocenters. The molecule has 0 saturated carbocycles. The van der Waals surface area contributed by atoms with Crippen LogP contribution in [0.25, 0.3) is 11.1 Å². The van der Waals surface area contributed by atoms with Crippen molar-refractivity contribution in [2.24, 2.45) is 0 Å². The summed E-state index contributed by atoms with van der Waals surface area (Å²) in [5.74, 6) is -0.0870. The van der Waals surface area contributed by atoms with E-state index >= 15 is 0 Å². The number of anilines is 2. The predicted octanol–water partition coefficient (Wildman–Crippen LogP) is 7.62. The number of rotatable bonds is 3. The van der Waals surface area contributed by atoms with Crippen LogP contribution >= 0.6 is 0 Å².